The normalized spacial score (nSPS) is 20.2. The number of benzene rings is 1. The number of anilines is 1. The third kappa shape index (κ3) is 9.12. The Bertz CT molecular complexity index is 1100. The molecule has 1 aromatic heterocycles. The highest BCUT2D eigenvalue weighted by Gasteiger charge is 2.35. The molecule has 1 unspecified atom stereocenters. The number of hydrogen-bond acceptors (Lipinski definition) is 8. The molecule has 2 aliphatic heterocycles. The molecule has 0 radical (unpaired) electrons. The molecule has 10 heteroatoms. The van der Waals surface area contributed by atoms with Crippen LogP contribution < -0.4 is 10.4 Å². The summed E-state index contributed by atoms with van der Waals surface area (Å²) < 4.78 is 11.1. The fourth-order valence-electron chi connectivity index (χ4n) is 4.54. The molecule has 0 spiro atoms. The van der Waals surface area contributed by atoms with Gasteiger partial charge in [-0.15, -0.1) is 0 Å². The van der Waals surface area contributed by atoms with Crippen molar-refractivity contribution < 1.29 is 23.9 Å². The predicted molar refractivity (Wildman–Crippen MR) is 148 cm³/mol. The number of nitrogens with zero attached hydrogens (tertiary/aromatic N) is 4. The van der Waals surface area contributed by atoms with Crippen molar-refractivity contribution in [2.75, 3.05) is 31.1 Å². The molecule has 2 fully saturated rings. The molecule has 2 saturated heterocycles. The Hall–Kier alpha value is -3.34. The molecule has 0 saturated carbocycles. The van der Waals surface area contributed by atoms with Gasteiger partial charge in [0.25, 0.3) is 5.91 Å². The van der Waals surface area contributed by atoms with Gasteiger partial charge in [-0.05, 0) is 58.1 Å². The molecule has 2 amide bonds. The molecule has 4 rings (SSSR count). The predicted octanol–water partition coefficient (Wildman–Crippen LogP) is 4.12. The number of nitrogens with one attached hydrogen (secondary N) is 1. The summed E-state index contributed by atoms with van der Waals surface area (Å²) in [6, 6.07) is 10.3. The van der Waals surface area contributed by atoms with E-state index in [1.165, 1.54) is 11.6 Å². The van der Waals surface area contributed by atoms with Gasteiger partial charge in [-0.1, -0.05) is 30.3 Å². The number of carbonyl (C=O) groups excluding carboxylic acids is 2. The first-order chi connectivity index (χ1) is 18.8. The summed E-state index contributed by atoms with van der Waals surface area (Å²) >= 11 is 0. The Kier molecular flexibility index (Phi) is 10.0. The standard InChI is InChI=1S/C29H39N5O5/c1-29(2,3)38-28(36)34(24-15-17-33(21-24)16-14-22-9-5-4-6-10-22)27-30-19-23(20-31-27)12-13-25(35)32-39-26-11-7-8-18-37-26/h4-6,9-10,12-13,19-20,24,26H,7-8,11,14-18,21H2,1-3H3,(H,32,35)/t24-,26?/m1/s1. The number of ether oxygens (including phenoxy) is 2. The van der Waals surface area contributed by atoms with E-state index in [1.807, 2.05) is 26.8 Å². The Labute approximate surface area is 230 Å². The van der Waals surface area contributed by atoms with Crippen LogP contribution in [-0.4, -0.2) is 71.0 Å². The monoisotopic (exact) mass is 537 g/mol. The summed E-state index contributed by atoms with van der Waals surface area (Å²) in [4.78, 5) is 43.5. The minimum atomic E-state index is -0.651. The summed E-state index contributed by atoms with van der Waals surface area (Å²) in [6.45, 7) is 8.65. The number of aromatic nitrogens is 2. The van der Waals surface area contributed by atoms with E-state index in [2.05, 4.69) is 44.6 Å². The zero-order chi connectivity index (χ0) is 27.7. The molecule has 10 nitrogen and oxygen atoms in total. The van der Waals surface area contributed by atoms with Gasteiger partial charge in [0.15, 0.2) is 6.29 Å². The van der Waals surface area contributed by atoms with E-state index < -0.39 is 23.9 Å². The van der Waals surface area contributed by atoms with Crippen molar-refractivity contribution in [1.29, 1.82) is 0 Å². The summed E-state index contributed by atoms with van der Waals surface area (Å²) in [5.41, 5.74) is 3.64. The zero-order valence-electron chi connectivity index (χ0n) is 23.0. The lowest BCUT2D eigenvalue weighted by atomic mass is 10.1. The smallest absolute Gasteiger partial charge is 0.417 e. The van der Waals surface area contributed by atoms with Gasteiger partial charge < -0.3 is 14.4 Å². The average Bonchev–Trinajstić information content (AvgIpc) is 3.39. The zero-order valence-corrected chi connectivity index (χ0v) is 23.0. The molecular formula is C29H39N5O5. The van der Waals surface area contributed by atoms with Gasteiger partial charge in [-0.2, -0.15) is 0 Å². The first-order valence-electron chi connectivity index (χ1n) is 13.6. The first kappa shape index (κ1) is 28.7. The van der Waals surface area contributed by atoms with Gasteiger partial charge in [0.2, 0.25) is 5.95 Å². The highest BCUT2D eigenvalue weighted by atomic mass is 16.8. The lowest BCUT2D eigenvalue weighted by molar-refractivity contribution is -0.198. The van der Waals surface area contributed by atoms with Crippen LogP contribution in [0.1, 0.15) is 57.6 Å². The third-order valence-electron chi connectivity index (χ3n) is 6.49. The summed E-state index contributed by atoms with van der Waals surface area (Å²) in [5, 5.41) is 0. The van der Waals surface area contributed by atoms with Crippen molar-refractivity contribution in [2.45, 2.75) is 70.8 Å². The molecule has 0 aliphatic carbocycles. The molecule has 0 bridgehead atoms. The van der Waals surface area contributed by atoms with Crippen molar-refractivity contribution in [3.05, 3.63) is 59.9 Å². The van der Waals surface area contributed by atoms with Crippen molar-refractivity contribution in [3.63, 3.8) is 0 Å². The van der Waals surface area contributed by atoms with Crippen LogP contribution in [0.25, 0.3) is 6.08 Å². The largest absolute Gasteiger partial charge is 0.443 e. The molecule has 2 aromatic rings. The molecule has 2 atom stereocenters. The second-order valence-electron chi connectivity index (χ2n) is 10.9. The SMILES string of the molecule is CC(C)(C)OC(=O)N(c1ncc(C=CC(=O)NOC2CCCCO2)cn1)[C@@H]1CCN(CCc2ccccc2)C1. The van der Waals surface area contributed by atoms with Gasteiger partial charge in [0, 0.05) is 56.7 Å². The van der Waals surface area contributed by atoms with Crippen molar-refractivity contribution >= 4 is 24.0 Å². The average molecular weight is 538 g/mol. The van der Waals surface area contributed by atoms with Crippen LogP contribution in [0.3, 0.4) is 0 Å². The Morgan fingerprint density at radius 2 is 1.92 bits per heavy atom. The Morgan fingerprint density at radius 1 is 1.15 bits per heavy atom. The van der Waals surface area contributed by atoms with Gasteiger partial charge in [-0.25, -0.2) is 30.0 Å². The van der Waals surface area contributed by atoms with Crippen molar-refractivity contribution in [2.24, 2.45) is 0 Å². The van der Waals surface area contributed by atoms with Crippen LogP contribution in [0.15, 0.2) is 48.8 Å². The highest BCUT2D eigenvalue weighted by Crippen LogP contribution is 2.23. The fraction of sp³-hybridized carbons (Fsp3) is 0.517. The number of amides is 2. The number of rotatable bonds is 9. The van der Waals surface area contributed by atoms with E-state index in [0.717, 1.165) is 45.2 Å². The molecule has 39 heavy (non-hydrogen) atoms. The van der Waals surface area contributed by atoms with Crippen LogP contribution >= 0.6 is 0 Å². The van der Waals surface area contributed by atoms with Gasteiger partial charge in [0.05, 0.1) is 6.04 Å². The van der Waals surface area contributed by atoms with Crippen LogP contribution in [0, 0.1) is 0 Å². The maximum atomic E-state index is 13.2. The number of likely N-dealkylation sites (tertiary alicyclic amines) is 1. The van der Waals surface area contributed by atoms with Crippen LogP contribution in [0.4, 0.5) is 10.7 Å². The Morgan fingerprint density at radius 3 is 2.62 bits per heavy atom. The van der Waals surface area contributed by atoms with Gasteiger partial charge in [0.1, 0.15) is 5.60 Å². The van der Waals surface area contributed by atoms with E-state index in [-0.39, 0.29) is 12.0 Å². The second-order valence-corrected chi connectivity index (χ2v) is 10.9. The van der Waals surface area contributed by atoms with Crippen LogP contribution in [-0.2, 0) is 25.5 Å². The number of carbonyl (C=O) groups is 2. The lowest BCUT2D eigenvalue weighted by Gasteiger charge is -2.30. The number of hydrogen-bond donors (Lipinski definition) is 1. The Balaban J connectivity index is 1.37. The van der Waals surface area contributed by atoms with E-state index >= 15 is 0 Å². The molecule has 3 heterocycles. The molecule has 210 valence electrons. The third-order valence-corrected chi connectivity index (χ3v) is 6.49. The quantitative estimate of drug-likeness (QED) is 0.376. The second kappa shape index (κ2) is 13.6. The van der Waals surface area contributed by atoms with Crippen LogP contribution in [0.5, 0.6) is 0 Å². The summed E-state index contributed by atoms with van der Waals surface area (Å²) in [7, 11) is 0. The first-order valence-corrected chi connectivity index (χ1v) is 13.6. The molecule has 1 aromatic carbocycles. The topological polar surface area (TPSA) is 106 Å². The minimum Gasteiger partial charge on any atom is -0.443 e. The van der Waals surface area contributed by atoms with Crippen molar-refractivity contribution in [3.8, 4) is 0 Å². The maximum absolute atomic E-state index is 13.2. The summed E-state index contributed by atoms with van der Waals surface area (Å²) in [6.07, 6.45) is 9.71. The lowest BCUT2D eigenvalue weighted by Crippen LogP contribution is -2.46. The molecule has 1 N–H and O–H groups in total. The minimum absolute atomic E-state index is 0.109. The van der Waals surface area contributed by atoms with Crippen molar-refractivity contribution in [1.82, 2.24) is 20.3 Å². The van der Waals surface area contributed by atoms with E-state index in [4.69, 9.17) is 14.3 Å². The van der Waals surface area contributed by atoms with Crippen LogP contribution in [0.2, 0.25) is 0 Å². The fourth-order valence-corrected chi connectivity index (χ4v) is 4.54. The molecular weight excluding hydrogens is 498 g/mol. The van der Waals surface area contributed by atoms with Gasteiger partial charge in [-0.3, -0.25) is 4.79 Å². The van der Waals surface area contributed by atoms with E-state index in [1.54, 1.807) is 23.4 Å². The molecule has 2 aliphatic rings. The van der Waals surface area contributed by atoms with Gasteiger partial charge >= 0.3 is 6.09 Å². The van der Waals surface area contributed by atoms with E-state index in [9.17, 15) is 9.59 Å². The highest BCUT2D eigenvalue weighted by molar-refractivity contribution is 5.91. The summed E-state index contributed by atoms with van der Waals surface area (Å²) in [5.74, 6) is -0.135. The maximum Gasteiger partial charge on any atom is 0.417 e. The van der Waals surface area contributed by atoms with E-state index in [0.29, 0.717) is 18.7 Å². The number of hydroxylamine groups is 1.